The maximum Gasteiger partial charge on any atom is 0.132 e. The molecule has 2 radical (unpaired) electrons. The summed E-state index contributed by atoms with van der Waals surface area (Å²) in [6.07, 6.45) is 0. The maximum atomic E-state index is 4.61. The lowest BCUT2D eigenvalue weighted by atomic mass is 11.0. The van der Waals surface area contributed by atoms with Crippen molar-refractivity contribution < 1.29 is 0 Å². The maximum absolute atomic E-state index is 4.61. The van der Waals surface area contributed by atoms with E-state index in [4.69, 9.17) is 0 Å². The molecule has 0 bridgehead atoms. The third-order valence-corrected chi connectivity index (χ3v) is 1.15. The van der Waals surface area contributed by atoms with Crippen molar-refractivity contribution in [3.05, 3.63) is 0 Å². The van der Waals surface area contributed by atoms with Gasteiger partial charge in [-0.2, -0.15) is 0 Å². The number of hydrogen-bond acceptors (Lipinski definition) is 1. The quantitative estimate of drug-likeness (QED) is 0.298. The molecule has 0 aliphatic carbocycles. The topological polar surface area (TPSA) is 3.24 Å². The van der Waals surface area contributed by atoms with E-state index >= 15 is 0 Å². The summed E-state index contributed by atoms with van der Waals surface area (Å²) in [4.78, 5) is 1.76. The predicted octanol–water partition coefficient (Wildman–Crippen LogP) is 0.382. The first-order valence-electron chi connectivity index (χ1n) is 1.55. The summed E-state index contributed by atoms with van der Waals surface area (Å²) in [5, 5.41) is 0. The molecule has 0 aliphatic rings. The van der Waals surface area contributed by atoms with Gasteiger partial charge < -0.3 is 4.90 Å². The molecule has 0 saturated heterocycles. The van der Waals surface area contributed by atoms with E-state index in [9.17, 15) is 0 Å². The van der Waals surface area contributed by atoms with Crippen molar-refractivity contribution in [2.75, 3.05) is 14.1 Å². The predicted molar refractivity (Wildman–Crippen MR) is 41.0 cm³/mol. The smallest absolute Gasteiger partial charge is 0.132 e. The first kappa shape index (κ1) is 10.9. The van der Waals surface area contributed by atoms with E-state index in [1.54, 1.807) is 4.90 Å². The van der Waals surface area contributed by atoms with Crippen molar-refractivity contribution in [3.8, 4) is 0 Å². The minimum Gasteiger partial charge on any atom is -0.364 e. The minimum absolute atomic E-state index is 0. The van der Waals surface area contributed by atoms with Crippen molar-refractivity contribution >= 4 is 52.2 Å². The fourth-order valence-electron chi connectivity index (χ4n) is 0. The lowest BCUT2D eigenvalue weighted by Crippen LogP contribution is -2.12. The van der Waals surface area contributed by atoms with Crippen LogP contribution in [0.15, 0.2) is 0 Å². The van der Waals surface area contributed by atoms with Crippen LogP contribution in [0.5, 0.6) is 0 Å². The molecular formula is C3H7MgNS2. The Morgan fingerprint density at radius 3 is 1.71 bits per heavy atom. The van der Waals surface area contributed by atoms with Gasteiger partial charge in [-0.05, 0) is 0 Å². The Kier molecular flexibility index (Phi) is 8.01. The Morgan fingerprint density at radius 1 is 1.57 bits per heavy atom. The van der Waals surface area contributed by atoms with E-state index < -0.39 is 0 Å². The lowest BCUT2D eigenvalue weighted by molar-refractivity contribution is 0.648. The Morgan fingerprint density at radius 2 is 1.71 bits per heavy atom. The number of nitrogens with zero attached hydrogens (tertiary/aromatic N) is 1. The average molecular weight is 146 g/mol. The molecule has 0 atom stereocenters. The van der Waals surface area contributed by atoms with Crippen LogP contribution in [-0.2, 0) is 0 Å². The Labute approximate surface area is 71.0 Å². The third kappa shape index (κ3) is 7.01. The van der Waals surface area contributed by atoms with Gasteiger partial charge in [0, 0.05) is 37.1 Å². The standard InChI is InChI=1S/C3H7NS2.Mg/c1-4(2)3(5)6;/h1-2H3,(H,5,6);. The summed E-state index contributed by atoms with van der Waals surface area (Å²) < 4.78 is 0.620. The molecule has 1 nitrogen and oxygen atoms in total. The summed E-state index contributed by atoms with van der Waals surface area (Å²) in [7, 11) is 3.71. The van der Waals surface area contributed by atoms with Gasteiger partial charge in [0.05, 0.1) is 0 Å². The van der Waals surface area contributed by atoms with E-state index in [1.165, 1.54) is 0 Å². The highest BCUT2D eigenvalue weighted by Crippen LogP contribution is 1.84. The molecule has 0 spiro atoms. The molecule has 0 rings (SSSR count). The highest BCUT2D eigenvalue weighted by atomic mass is 32.1. The third-order valence-electron chi connectivity index (χ3n) is 0.383. The molecule has 38 valence electrons. The highest BCUT2D eigenvalue weighted by Gasteiger charge is 1.83. The number of thiocarbonyl (C=S) groups is 1. The van der Waals surface area contributed by atoms with Gasteiger partial charge in [0.1, 0.15) is 4.32 Å². The van der Waals surface area contributed by atoms with Gasteiger partial charge in [-0.25, -0.2) is 0 Å². The molecule has 4 heteroatoms. The average Bonchev–Trinajstić information content (AvgIpc) is 1.36. The SMILES string of the molecule is CN(C)C(=S)S.[Mg]. The molecule has 0 fully saturated rings. The van der Waals surface area contributed by atoms with Gasteiger partial charge in [-0.15, -0.1) is 12.6 Å². The van der Waals surface area contributed by atoms with Crippen LogP contribution in [0.3, 0.4) is 0 Å². The molecule has 0 aliphatic heterocycles. The van der Waals surface area contributed by atoms with E-state index in [2.05, 4.69) is 24.8 Å². The molecule has 0 aromatic rings. The molecule has 0 amide bonds. The Hall–Kier alpha value is 1.01. The number of hydrogen-bond donors (Lipinski definition) is 1. The molecule has 0 N–H and O–H groups in total. The zero-order chi connectivity index (χ0) is 5.15. The van der Waals surface area contributed by atoms with Crippen LogP contribution in [0.1, 0.15) is 0 Å². The Balaban J connectivity index is 0. The van der Waals surface area contributed by atoms with Gasteiger partial charge >= 0.3 is 0 Å². The van der Waals surface area contributed by atoms with E-state index in [0.29, 0.717) is 4.32 Å². The van der Waals surface area contributed by atoms with Gasteiger partial charge in [-0.3, -0.25) is 0 Å². The molecule has 0 saturated carbocycles. The van der Waals surface area contributed by atoms with Crippen LogP contribution in [0.25, 0.3) is 0 Å². The Bertz CT molecular complexity index is 64.0. The number of thiol groups is 1. The zero-order valence-corrected chi connectivity index (χ0v) is 7.63. The first-order valence-corrected chi connectivity index (χ1v) is 2.40. The normalized spacial score (nSPS) is 6.71. The monoisotopic (exact) mass is 145 g/mol. The second kappa shape index (κ2) is 5.15. The van der Waals surface area contributed by atoms with Crippen LogP contribution in [0.2, 0.25) is 0 Å². The van der Waals surface area contributed by atoms with Gasteiger partial charge in [0.25, 0.3) is 0 Å². The van der Waals surface area contributed by atoms with Crippen molar-refractivity contribution in [2.24, 2.45) is 0 Å². The van der Waals surface area contributed by atoms with E-state index in [1.807, 2.05) is 14.1 Å². The molecule has 0 aromatic heterocycles. The summed E-state index contributed by atoms with van der Waals surface area (Å²) in [6, 6.07) is 0. The van der Waals surface area contributed by atoms with Crippen LogP contribution >= 0.6 is 24.8 Å². The van der Waals surface area contributed by atoms with Crippen molar-refractivity contribution in [1.29, 1.82) is 0 Å². The lowest BCUT2D eigenvalue weighted by Gasteiger charge is -2.05. The fourth-order valence-corrected chi connectivity index (χ4v) is 0. The molecule has 0 heterocycles. The number of rotatable bonds is 0. The summed E-state index contributed by atoms with van der Waals surface area (Å²) in [5.41, 5.74) is 0. The fraction of sp³-hybridized carbons (Fsp3) is 0.667. The molecule has 0 unspecified atom stereocenters. The second-order valence-electron chi connectivity index (χ2n) is 1.18. The van der Waals surface area contributed by atoms with Crippen LogP contribution in [0, 0.1) is 0 Å². The van der Waals surface area contributed by atoms with Crippen LogP contribution < -0.4 is 0 Å². The first-order chi connectivity index (χ1) is 2.64. The van der Waals surface area contributed by atoms with Crippen LogP contribution in [-0.4, -0.2) is 46.4 Å². The van der Waals surface area contributed by atoms with Gasteiger partial charge in [0.2, 0.25) is 0 Å². The highest BCUT2D eigenvalue weighted by molar-refractivity contribution is 8.10. The van der Waals surface area contributed by atoms with Crippen molar-refractivity contribution in [1.82, 2.24) is 4.90 Å². The van der Waals surface area contributed by atoms with E-state index in [0.717, 1.165) is 0 Å². The van der Waals surface area contributed by atoms with Crippen molar-refractivity contribution in [3.63, 3.8) is 0 Å². The van der Waals surface area contributed by atoms with Crippen LogP contribution in [0.4, 0.5) is 0 Å². The van der Waals surface area contributed by atoms with Gasteiger partial charge in [0.15, 0.2) is 0 Å². The minimum atomic E-state index is 0. The molecule has 7 heavy (non-hydrogen) atoms. The molecule has 0 aromatic carbocycles. The zero-order valence-electron chi connectivity index (χ0n) is 4.51. The van der Waals surface area contributed by atoms with Crippen molar-refractivity contribution in [2.45, 2.75) is 0 Å². The summed E-state index contributed by atoms with van der Waals surface area (Å²) in [6.45, 7) is 0. The van der Waals surface area contributed by atoms with E-state index in [-0.39, 0.29) is 23.1 Å². The largest absolute Gasteiger partial charge is 0.364 e. The summed E-state index contributed by atoms with van der Waals surface area (Å²) >= 11 is 8.46. The second-order valence-corrected chi connectivity index (χ2v) is 2.29. The summed E-state index contributed by atoms with van der Waals surface area (Å²) in [5.74, 6) is 0. The molecular weight excluding hydrogens is 138 g/mol. The van der Waals surface area contributed by atoms with Gasteiger partial charge in [-0.1, -0.05) is 12.2 Å².